The SMILES string of the molecule is O=C(c1ccccn1)C1CCCN(C(=O)c2cn(C3CCCCC3)nn2)C1. The lowest BCUT2D eigenvalue weighted by Gasteiger charge is -2.31. The monoisotopic (exact) mass is 367 g/mol. The fourth-order valence-corrected chi connectivity index (χ4v) is 4.15. The summed E-state index contributed by atoms with van der Waals surface area (Å²) in [4.78, 5) is 31.5. The molecule has 27 heavy (non-hydrogen) atoms. The van der Waals surface area contributed by atoms with E-state index in [1.54, 1.807) is 29.4 Å². The molecule has 0 radical (unpaired) electrons. The summed E-state index contributed by atoms with van der Waals surface area (Å²) in [5.74, 6) is -0.319. The molecule has 0 bridgehead atoms. The zero-order valence-corrected chi connectivity index (χ0v) is 15.5. The van der Waals surface area contributed by atoms with E-state index in [-0.39, 0.29) is 17.6 Å². The van der Waals surface area contributed by atoms with Gasteiger partial charge in [-0.25, -0.2) is 4.68 Å². The van der Waals surface area contributed by atoms with E-state index in [1.165, 1.54) is 19.3 Å². The van der Waals surface area contributed by atoms with E-state index in [0.29, 0.717) is 30.5 Å². The summed E-state index contributed by atoms with van der Waals surface area (Å²) in [6.07, 6.45) is 10.9. The van der Waals surface area contributed by atoms with Gasteiger partial charge in [0.1, 0.15) is 5.69 Å². The summed E-state index contributed by atoms with van der Waals surface area (Å²) in [7, 11) is 0. The highest BCUT2D eigenvalue weighted by molar-refractivity contribution is 5.97. The normalized spacial score (nSPS) is 21.2. The van der Waals surface area contributed by atoms with Crippen molar-refractivity contribution in [2.45, 2.75) is 51.0 Å². The number of carbonyl (C=O) groups is 2. The van der Waals surface area contributed by atoms with Gasteiger partial charge < -0.3 is 4.90 Å². The van der Waals surface area contributed by atoms with Gasteiger partial charge in [0, 0.05) is 25.2 Å². The summed E-state index contributed by atoms with van der Waals surface area (Å²) >= 11 is 0. The third-order valence-electron chi connectivity index (χ3n) is 5.67. The maximum atomic E-state index is 12.9. The number of amides is 1. The van der Waals surface area contributed by atoms with Crippen LogP contribution in [0.3, 0.4) is 0 Å². The van der Waals surface area contributed by atoms with Crippen LogP contribution in [0.1, 0.15) is 72.0 Å². The van der Waals surface area contributed by atoms with Gasteiger partial charge in [-0.1, -0.05) is 30.5 Å². The van der Waals surface area contributed by atoms with Crippen molar-refractivity contribution in [1.82, 2.24) is 24.9 Å². The maximum Gasteiger partial charge on any atom is 0.276 e. The predicted octanol–water partition coefficient (Wildman–Crippen LogP) is 2.91. The van der Waals surface area contributed by atoms with E-state index in [1.807, 2.05) is 10.7 Å². The zero-order chi connectivity index (χ0) is 18.6. The average molecular weight is 367 g/mol. The number of rotatable bonds is 4. The van der Waals surface area contributed by atoms with Gasteiger partial charge in [-0.3, -0.25) is 14.6 Å². The van der Waals surface area contributed by atoms with Gasteiger partial charge in [0.2, 0.25) is 0 Å². The number of likely N-dealkylation sites (tertiary alicyclic amines) is 1. The molecule has 4 rings (SSSR count). The van der Waals surface area contributed by atoms with Gasteiger partial charge in [0.15, 0.2) is 11.5 Å². The third-order valence-corrected chi connectivity index (χ3v) is 5.67. The van der Waals surface area contributed by atoms with Crippen molar-refractivity contribution < 1.29 is 9.59 Å². The van der Waals surface area contributed by atoms with E-state index in [0.717, 1.165) is 25.7 Å². The Labute approximate surface area is 158 Å². The van der Waals surface area contributed by atoms with Crippen LogP contribution < -0.4 is 0 Å². The van der Waals surface area contributed by atoms with Crippen molar-refractivity contribution in [2.75, 3.05) is 13.1 Å². The standard InChI is InChI=1S/C20H25N5O2/c26-19(17-10-4-5-11-21-17)15-7-6-12-24(13-15)20(27)18-14-25(23-22-18)16-8-2-1-3-9-16/h4-5,10-11,14-16H,1-3,6-9,12-13H2. The van der Waals surface area contributed by atoms with Gasteiger partial charge in [0.05, 0.1) is 12.2 Å². The molecule has 2 aromatic rings. The van der Waals surface area contributed by atoms with Crippen molar-refractivity contribution in [2.24, 2.45) is 5.92 Å². The second-order valence-electron chi connectivity index (χ2n) is 7.55. The lowest BCUT2D eigenvalue weighted by Crippen LogP contribution is -2.42. The molecule has 1 saturated carbocycles. The molecule has 1 saturated heterocycles. The predicted molar refractivity (Wildman–Crippen MR) is 99.3 cm³/mol. The molecule has 1 unspecified atom stereocenters. The van der Waals surface area contributed by atoms with Crippen LogP contribution in [0.2, 0.25) is 0 Å². The first kappa shape index (κ1) is 17.8. The summed E-state index contributed by atoms with van der Waals surface area (Å²) < 4.78 is 1.85. The fourth-order valence-electron chi connectivity index (χ4n) is 4.15. The van der Waals surface area contributed by atoms with Crippen LogP contribution >= 0.6 is 0 Å². The minimum atomic E-state index is -0.203. The highest BCUT2D eigenvalue weighted by Crippen LogP contribution is 2.27. The lowest BCUT2D eigenvalue weighted by molar-refractivity contribution is 0.0630. The molecule has 3 heterocycles. The Morgan fingerprint density at radius 2 is 1.85 bits per heavy atom. The molecule has 1 atom stereocenters. The van der Waals surface area contributed by atoms with Crippen LogP contribution in [-0.2, 0) is 0 Å². The molecule has 0 spiro atoms. The molecule has 7 heteroatoms. The third kappa shape index (κ3) is 3.91. The quantitative estimate of drug-likeness (QED) is 0.776. The van der Waals surface area contributed by atoms with E-state index in [9.17, 15) is 9.59 Å². The molecule has 0 aromatic carbocycles. The Bertz CT molecular complexity index is 798. The maximum absolute atomic E-state index is 12.9. The smallest absolute Gasteiger partial charge is 0.276 e. The van der Waals surface area contributed by atoms with Crippen LogP contribution in [0.4, 0.5) is 0 Å². The summed E-state index contributed by atoms with van der Waals surface area (Å²) in [5.41, 5.74) is 0.853. The minimum Gasteiger partial charge on any atom is -0.336 e. The number of hydrogen-bond acceptors (Lipinski definition) is 5. The first-order valence-corrected chi connectivity index (χ1v) is 9.89. The van der Waals surface area contributed by atoms with Crippen molar-refractivity contribution >= 4 is 11.7 Å². The van der Waals surface area contributed by atoms with Gasteiger partial charge in [-0.2, -0.15) is 0 Å². The molecule has 142 valence electrons. The Kier molecular flexibility index (Phi) is 5.27. The first-order valence-electron chi connectivity index (χ1n) is 9.89. The Balaban J connectivity index is 1.43. The average Bonchev–Trinajstić information content (AvgIpc) is 3.24. The van der Waals surface area contributed by atoms with Crippen LogP contribution in [0, 0.1) is 5.92 Å². The number of ketones is 1. The Morgan fingerprint density at radius 1 is 1.00 bits per heavy atom. The topological polar surface area (TPSA) is 81.0 Å². The Hall–Kier alpha value is -2.57. The molecule has 0 N–H and O–H groups in total. The summed E-state index contributed by atoms with van der Waals surface area (Å²) in [5, 5.41) is 8.32. The van der Waals surface area contributed by atoms with Gasteiger partial charge in [0.25, 0.3) is 5.91 Å². The zero-order valence-electron chi connectivity index (χ0n) is 15.5. The van der Waals surface area contributed by atoms with Crippen LogP contribution in [-0.4, -0.2) is 49.7 Å². The fraction of sp³-hybridized carbons (Fsp3) is 0.550. The van der Waals surface area contributed by atoms with Gasteiger partial charge in [-0.05, 0) is 37.8 Å². The van der Waals surface area contributed by atoms with Crippen molar-refractivity contribution in [3.63, 3.8) is 0 Å². The Morgan fingerprint density at radius 3 is 2.63 bits per heavy atom. The molecule has 7 nitrogen and oxygen atoms in total. The number of Topliss-reactive ketones (excluding diaryl/α,β-unsaturated/α-hetero) is 1. The van der Waals surface area contributed by atoms with Gasteiger partial charge in [-0.15, -0.1) is 5.10 Å². The number of aromatic nitrogens is 4. The number of hydrogen-bond donors (Lipinski definition) is 0. The van der Waals surface area contributed by atoms with E-state index >= 15 is 0 Å². The molecule has 1 aliphatic heterocycles. The largest absolute Gasteiger partial charge is 0.336 e. The molecular weight excluding hydrogens is 342 g/mol. The van der Waals surface area contributed by atoms with Crippen molar-refractivity contribution in [3.8, 4) is 0 Å². The molecule has 1 amide bonds. The molecule has 2 aromatic heterocycles. The number of carbonyl (C=O) groups excluding carboxylic acids is 2. The number of nitrogens with zero attached hydrogens (tertiary/aromatic N) is 5. The van der Waals surface area contributed by atoms with E-state index in [4.69, 9.17) is 0 Å². The first-order chi connectivity index (χ1) is 13.2. The molecular formula is C20H25N5O2. The van der Waals surface area contributed by atoms with Crippen molar-refractivity contribution in [1.29, 1.82) is 0 Å². The second kappa shape index (κ2) is 7.98. The second-order valence-corrected chi connectivity index (χ2v) is 7.55. The van der Waals surface area contributed by atoms with E-state index < -0.39 is 0 Å². The minimum absolute atomic E-state index is 0.0129. The molecule has 2 fully saturated rings. The van der Waals surface area contributed by atoms with Crippen LogP contribution in [0.25, 0.3) is 0 Å². The van der Waals surface area contributed by atoms with Crippen LogP contribution in [0.15, 0.2) is 30.6 Å². The van der Waals surface area contributed by atoms with Crippen molar-refractivity contribution in [3.05, 3.63) is 42.0 Å². The highest BCUT2D eigenvalue weighted by atomic mass is 16.2. The highest BCUT2D eigenvalue weighted by Gasteiger charge is 2.31. The summed E-state index contributed by atoms with van der Waals surface area (Å²) in [6.45, 7) is 1.08. The van der Waals surface area contributed by atoms with Gasteiger partial charge >= 0.3 is 0 Å². The summed E-state index contributed by atoms with van der Waals surface area (Å²) in [6, 6.07) is 5.70. The van der Waals surface area contributed by atoms with E-state index in [2.05, 4.69) is 15.3 Å². The van der Waals surface area contributed by atoms with Crippen LogP contribution in [0.5, 0.6) is 0 Å². The molecule has 1 aliphatic carbocycles. The number of piperidine rings is 1. The lowest BCUT2D eigenvalue weighted by atomic mass is 9.91. The molecule has 2 aliphatic rings. The number of pyridine rings is 1.